The predicted molar refractivity (Wildman–Crippen MR) is 55.4 cm³/mol. The number of hydrogen-bond donors (Lipinski definition) is 2. The molecule has 0 radical (unpaired) electrons. The number of ether oxygens (including phenoxy) is 1. The first-order valence-corrected chi connectivity index (χ1v) is 5.25. The van der Waals surface area contributed by atoms with Crippen molar-refractivity contribution in [1.29, 1.82) is 0 Å². The summed E-state index contributed by atoms with van der Waals surface area (Å²) in [6.07, 6.45) is 5.37. The number of nitrogens with one attached hydrogen (secondary N) is 2. The molecule has 2 rings (SSSR count). The van der Waals surface area contributed by atoms with E-state index < -0.39 is 0 Å². The van der Waals surface area contributed by atoms with E-state index in [1.165, 1.54) is 0 Å². The topological polar surface area (TPSA) is 67.0 Å². The fourth-order valence-corrected chi connectivity index (χ4v) is 1.70. The number of rotatable bonds is 3. The molecule has 1 unspecified atom stereocenters. The van der Waals surface area contributed by atoms with Crippen LogP contribution in [0, 0.1) is 0 Å². The van der Waals surface area contributed by atoms with Crippen LogP contribution in [0.15, 0.2) is 12.3 Å². The van der Waals surface area contributed by atoms with E-state index in [0.717, 1.165) is 25.9 Å². The van der Waals surface area contributed by atoms with Gasteiger partial charge in [-0.1, -0.05) is 0 Å². The number of nitrogens with zero attached hydrogens (tertiary/aromatic N) is 1. The summed E-state index contributed by atoms with van der Waals surface area (Å²) in [5.74, 6) is 0.613. The zero-order valence-electron chi connectivity index (χ0n) is 8.53. The Kier molecular flexibility index (Phi) is 3.34. The summed E-state index contributed by atoms with van der Waals surface area (Å²) in [5.41, 5.74) is 0. The lowest BCUT2D eigenvalue weighted by Gasteiger charge is -2.21. The van der Waals surface area contributed by atoms with Crippen molar-refractivity contribution in [3.05, 3.63) is 12.3 Å². The van der Waals surface area contributed by atoms with Crippen molar-refractivity contribution in [1.82, 2.24) is 10.2 Å². The van der Waals surface area contributed by atoms with Gasteiger partial charge in [0.25, 0.3) is 0 Å². The zero-order chi connectivity index (χ0) is 10.5. The molecule has 1 atom stereocenters. The predicted octanol–water partition coefficient (Wildman–Crippen LogP) is 1.31. The van der Waals surface area contributed by atoms with Gasteiger partial charge in [0.15, 0.2) is 0 Å². The van der Waals surface area contributed by atoms with Crippen molar-refractivity contribution in [3.8, 4) is 0 Å². The quantitative estimate of drug-likeness (QED) is 0.788. The molecular weight excluding hydrogens is 194 g/mol. The molecule has 2 N–H and O–H groups in total. The van der Waals surface area contributed by atoms with Gasteiger partial charge < -0.3 is 10.1 Å². The summed E-state index contributed by atoms with van der Waals surface area (Å²) in [5, 5.41) is 9.17. The number of aromatic nitrogens is 2. The summed E-state index contributed by atoms with van der Waals surface area (Å²) in [7, 11) is 0. The molecule has 82 valence electrons. The van der Waals surface area contributed by atoms with Gasteiger partial charge in [0.1, 0.15) is 5.82 Å². The van der Waals surface area contributed by atoms with Crippen molar-refractivity contribution in [2.24, 2.45) is 0 Å². The summed E-state index contributed by atoms with van der Waals surface area (Å²) >= 11 is 0. The Morgan fingerprint density at radius 2 is 2.60 bits per heavy atom. The molecule has 0 aromatic carbocycles. The molecule has 1 aromatic heterocycles. The first-order valence-electron chi connectivity index (χ1n) is 5.25. The van der Waals surface area contributed by atoms with Gasteiger partial charge in [-0.2, -0.15) is 5.10 Å². The molecule has 1 amide bonds. The minimum absolute atomic E-state index is 0.0221. The van der Waals surface area contributed by atoms with E-state index >= 15 is 0 Å². The third kappa shape index (κ3) is 3.06. The lowest BCUT2D eigenvalue weighted by Crippen LogP contribution is -2.25. The summed E-state index contributed by atoms with van der Waals surface area (Å²) < 4.78 is 5.48. The molecule has 0 spiro atoms. The second-order valence-electron chi connectivity index (χ2n) is 3.71. The second-order valence-corrected chi connectivity index (χ2v) is 3.71. The van der Waals surface area contributed by atoms with Crippen LogP contribution in [0.3, 0.4) is 0 Å². The van der Waals surface area contributed by atoms with E-state index in [0.29, 0.717) is 12.2 Å². The highest BCUT2D eigenvalue weighted by atomic mass is 16.5. The van der Waals surface area contributed by atoms with Crippen LogP contribution in [0.2, 0.25) is 0 Å². The van der Waals surface area contributed by atoms with Crippen LogP contribution in [-0.4, -0.2) is 28.8 Å². The zero-order valence-corrected chi connectivity index (χ0v) is 8.53. The standard InChI is InChI=1S/C10H15N3O2/c14-10(12-9-4-5-11-13-9)7-8-3-1-2-6-15-8/h4-5,8H,1-3,6-7H2,(H2,11,12,13,14). The molecule has 1 fully saturated rings. The number of anilines is 1. The highest BCUT2D eigenvalue weighted by Crippen LogP contribution is 2.16. The number of carbonyl (C=O) groups excluding carboxylic acids is 1. The van der Waals surface area contributed by atoms with Crippen molar-refractivity contribution in [3.63, 3.8) is 0 Å². The van der Waals surface area contributed by atoms with Gasteiger partial charge in [0, 0.05) is 12.7 Å². The number of amides is 1. The molecule has 1 aliphatic rings. The summed E-state index contributed by atoms with van der Waals surface area (Å²) in [6, 6.07) is 1.72. The lowest BCUT2D eigenvalue weighted by atomic mass is 10.1. The maximum absolute atomic E-state index is 11.5. The molecule has 1 saturated heterocycles. The van der Waals surface area contributed by atoms with Crippen LogP contribution in [0.4, 0.5) is 5.82 Å². The minimum Gasteiger partial charge on any atom is -0.378 e. The molecule has 1 aliphatic heterocycles. The Bertz CT molecular complexity index is 304. The van der Waals surface area contributed by atoms with Gasteiger partial charge in [-0.3, -0.25) is 9.89 Å². The molecule has 0 aliphatic carbocycles. The smallest absolute Gasteiger partial charge is 0.228 e. The normalized spacial score (nSPS) is 21.2. The number of aromatic amines is 1. The van der Waals surface area contributed by atoms with Crippen LogP contribution >= 0.6 is 0 Å². The third-order valence-electron chi connectivity index (χ3n) is 2.46. The maximum Gasteiger partial charge on any atom is 0.228 e. The molecule has 15 heavy (non-hydrogen) atoms. The fraction of sp³-hybridized carbons (Fsp3) is 0.600. The minimum atomic E-state index is -0.0221. The largest absolute Gasteiger partial charge is 0.378 e. The number of hydrogen-bond acceptors (Lipinski definition) is 3. The van der Waals surface area contributed by atoms with E-state index in [1.54, 1.807) is 12.3 Å². The molecular formula is C10H15N3O2. The maximum atomic E-state index is 11.5. The average Bonchev–Trinajstić information content (AvgIpc) is 2.71. The SMILES string of the molecule is O=C(CC1CCCCO1)Nc1ccn[nH]1. The van der Waals surface area contributed by atoms with Gasteiger partial charge in [-0.05, 0) is 19.3 Å². The number of H-pyrrole nitrogens is 1. The van der Waals surface area contributed by atoms with Crippen LogP contribution in [0.25, 0.3) is 0 Å². The van der Waals surface area contributed by atoms with Crippen molar-refractivity contribution >= 4 is 11.7 Å². The van der Waals surface area contributed by atoms with Gasteiger partial charge in [-0.15, -0.1) is 0 Å². The highest BCUT2D eigenvalue weighted by molar-refractivity contribution is 5.89. The molecule has 2 heterocycles. The Morgan fingerprint density at radius 1 is 1.67 bits per heavy atom. The van der Waals surface area contributed by atoms with Crippen LogP contribution in [0.1, 0.15) is 25.7 Å². The Hall–Kier alpha value is -1.36. The van der Waals surface area contributed by atoms with E-state index in [9.17, 15) is 4.79 Å². The Balaban J connectivity index is 1.76. The van der Waals surface area contributed by atoms with Gasteiger partial charge >= 0.3 is 0 Å². The molecule has 1 aromatic rings. The van der Waals surface area contributed by atoms with Crippen molar-refractivity contribution in [2.75, 3.05) is 11.9 Å². The first-order chi connectivity index (χ1) is 7.34. The monoisotopic (exact) mass is 209 g/mol. The highest BCUT2D eigenvalue weighted by Gasteiger charge is 2.17. The summed E-state index contributed by atoms with van der Waals surface area (Å²) in [4.78, 5) is 11.5. The Labute approximate surface area is 88.2 Å². The molecule has 0 bridgehead atoms. The third-order valence-corrected chi connectivity index (χ3v) is 2.46. The lowest BCUT2D eigenvalue weighted by molar-refractivity contribution is -0.119. The van der Waals surface area contributed by atoms with Crippen LogP contribution < -0.4 is 5.32 Å². The van der Waals surface area contributed by atoms with Crippen LogP contribution in [0.5, 0.6) is 0 Å². The summed E-state index contributed by atoms with van der Waals surface area (Å²) in [6.45, 7) is 0.780. The van der Waals surface area contributed by atoms with E-state index in [-0.39, 0.29) is 12.0 Å². The van der Waals surface area contributed by atoms with Crippen molar-refractivity contribution in [2.45, 2.75) is 31.8 Å². The van der Waals surface area contributed by atoms with Crippen molar-refractivity contribution < 1.29 is 9.53 Å². The van der Waals surface area contributed by atoms with Gasteiger partial charge in [0.05, 0.1) is 18.7 Å². The van der Waals surface area contributed by atoms with E-state index in [4.69, 9.17) is 4.74 Å². The van der Waals surface area contributed by atoms with E-state index in [2.05, 4.69) is 15.5 Å². The molecule has 0 saturated carbocycles. The average molecular weight is 209 g/mol. The van der Waals surface area contributed by atoms with Gasteiger partial charge in [-0.25, -0.2) is 0 Å². The van der Waals surface area contributed by atoms with Crippen LogP contribution in [-0.2, 0) is 9.53 Å². The van der Waals surface area contributed by atoms with Gasteiger partial charge in [0.2, 0.25) is 5.91 Å². The Morgan fingerprint density at radius 3 is 3.27 bits per heavy atom. The first kappa shape index (κ1) is 10.2. The second kappa shape index (κ2) is 4.93. The fourth-order valence-electron chi connectivity index (χ4n) is 1.70. The molecule has 5 nitrogen and oxygen atoms in total. The van der Waals surface area contributed by atoms with E-state index in [1.807, 2.05) is 0 Å². The molecule has 5 heteroatoms. The number of carbonyl (C=O) groups is 1.